The van der Waals surface area contributed by atoms with Gasteiger partial charge >= 0.3 is 5.97 Å². The summed E-state index contributed by atoms with van der Waals surface area (Å²) in [7, 11) is 1.35. The number of benzene rings is 1. The normalized spacial score (nSPS) is 10.4. The van der Waals surface area contributed by atoms with Crippen LogP contribution < -0.4 is 0 Å². The van der Waals surface area contributed by atoms with Crippen molar-refractivity contribution in [2.24, 2.45) is 0 Å². The second-order valence-electron chi connectivity index (χ2n) is 3.37. The molecule has 0 atom stereocenters. The predicted molar refractivity (Wildman–Crippen MR) is 62.5 cm³/mol. The molecule has 0 fully saturated rings. The van der Waals surface area contributed by atoms with E-state index >= 15 is 0 Å². The average Bonchev–Trinajstić information content (AvgIpc) is 2.29. The largest absolute Gasteiger partial charge is 0.469 e. The van der Waals surface area contributed by atoms with E-state index in [9.17, 15) is 4.79 Å². The summed E-state index contributed by atoms with van der Waals surface area (Å²) in [5, 5.41) is 1.49. The Morgan fingerprint density at radius 3 is 2.94 bits per heavy atom. The highest BCUT2D eigenvalue weighted by molar-refractivity contribution is 6.35. The number of hydrogen-bond donors (Lipinski definition) is 0. The van der Waals surface area contributed by atoms with Gasteiger partial charge in [0.25, 0.3) is 0 Å². The maximum atomic E-state index is 11.1. The third kappa shape index (κ3) is 2.14. The van der Waals surface area contributed by atoms with E-state index < -0.39 is 0 Å². The van der Waals surface area contributed by atoms with E-state index in [0.717, 1.165) is 10.9 Å². The summed E-state index contributed by atoms with van der Waals surface area (Å²) in [5.41, 5.74) is 1.41. The van der Waals surface area contributed by atoms with Crippen LogP contribution in [0.3, 0.4) is 0 Å². The van der Waals surface area contributed by atoms with Crippen molar-refractivity contribution < 1.29 is 9.53 Å². The molecule has 0 saturated heterocycles. The van der Waals surface area contributed by atoms with Gasteiger partial charge in [-0.25, -0.2) is 0 Å². The van der Waals surface area contributed by atoms with Gasteiger partial charge in [0.2, 0.25) is 0 Å². The number of methoxy groups -OCH3 is 1. The standard InChI is InChI=1S/C12H10ClNO2/c1-16-12(15)7-8-6-10(13)9-4-2-3-5-11(9)14-8/h2-6H,7H2,1H3. The fourth-order valence-corrected chi connectivity index (χ4v) is 1.78. The van der Waals surface area contributed by atoms with Crippen LogP contribution in [-0.2, 0) is 16.0 Å². The number of carbonyl (C=O) groups excluding carboxylic acids is 1. The molecule has 3 nitrogen and oxygen atoms in total. The zero-order valence-electron chi connectivity index (χ0n) is 8.74. The van der Waals surface area contributed by atoms with Crippen molar-refractivity contribution >= 4 is 28.5 Å². The summed E-state index contributed by atoms with van der Waals surface area (Å²) >= 11 is 6.10. The number of aromatic nitrogens is 1. The maximum absolute atomic E-state index is 11.1. The van der Waals surface area contributed by atoms with Crippen LogP contribution in [-0.4, -0.2) is 18.1 Å². The molecular weight excluding hydrogens is 226 g/mol. The molecule has 0 aliphatic carbocycles. The van der Waals surface area contributed by atoms with Gasteiger partial charge in [0.05, 0.1) is 29.8 Å². The van der Waals surface area contributed by atoms with Crippen LogP contribution in [0.5, 0.6) is 0 Å². The lowest BCUT2D eigenvalue weighted by molar-refractivity contribution is -0.139. The monoisotopic (exact) mass is 235 g/mol. The second kappa shape index (κ2) is 4.49. The molecule has 2 aromatic rings. The minimum absolute atomic E-state index is 0.140. The number of para-hydroxylation sites is 1. The Morgan fingerprint density at radius 1 is 1.44 bits per heavy atom. The van der Waals surface area contributed by atoms with Gasteiger partial charge in [0.1, 0.15) is 0 Å². The lowest BCUT2D eigenvalue weighted by Gasteiger charge is -2.04. The van der Waals surface area contributed by atoms with E-state index in [2.05, 4.69) is 9.72 Å². The summed E-state index contributed by atoms with van der Waals surface area (Å²) in [4.78, 5) is 15.5. The lowest BCUT2D eigenvalue weighted by atomic mass is 10.2. The van der Waals surface area contributed by atoms with E-state index in [-0.39, 0.29) is 12.4 Å². The summed E-state index contributed by atoms with van der Waals surface area (Å²) in [6, 6.07) is 9.23. The Labute approximate surface area is 98.0 Å². The fraction of sp³-hybridized carbons (Fsp3) is 0.167. The van der Waals surface area contributed by atoms with Crippen LogP contribution in [0.4, 0.5) is 0 Å². The first-order valence-electron chi connectivity index (χ1n) is 4.81. The highest BCUT2D eigenvalue weighted by Crippen LogP contribution is 2.22. The van der Waals surface area contributed by atoms with Crippen molar-refractivity contribution in [1.82, 2.24) is 4.98 Å². The molecule has 0 bridgehead atoms. The van der Waals surface area contributed by atoms with Crippen LogP contribution in [0.25, 0.3) is 10.9 Å². The Morgan fingerprint density at radius 2 is 2.19 bits per heavy atom. The van der Waals surface area contributed by atoms with E-state index in [1.165, 1.54) is 7.11 Å². The molecule has 82 valence electrons. The van der Waals surface area contributed by atoms with Gasteiger partial charge in [0.15, 0.2) is 0 Å². The first-order chi connectivity index (χ1) is 7.70. The first-order valence-corrected chi connectivity index (χ1v) is 5.19. The van der Waals surface area contributed by atoms with Gasteiger partial charge in [0, 0.05) is 5.39 Å². The van der Waals surface area contributed by atoms with Crippen molar-refractivity contribution in [2.75, 3.05) is 7.11 Å². The molecule has 16 heavy (non-hydrogen) atoms. The predicted octanol–water partition coefficient (Wildman–Crippen LogP) is 2.60. The molecule has 1 heterocycles. The van der Waals surface area contributed by atoms with E-state index in [1.807, 2.05) is 24.3 Å². The topological polar surface area (TPSA) is 39.2 Å². The van der Waals surface area contributed by atoms with Crippen LogP contribution >= 0.6 is 11.6 Å². The fourth-order valence-electron chi connectivity index (χ4n) is 1.49. The number of hydrogen-bond acceptors (Lipinski definition) is 3. The Kier molecular flexibility index (Phi) is 3.06. The quantitative estimate of drug-likeness (QED) is 0.751. The van der Waals surface area contributed by atoms with Gasteiger partial charge in [-0.1, -0.05) is 29.8 Å². The van der Waals surface area contributed by atoms with Crippen molar-refractivity contribution in [3.8, 4) is 0 Å². The maximum Gasteiger partial charge on any atom is 0.311 e. The van der Waals surface area contributed by atoms with Crippen molar-refractivity contribution in [3.63, 3.8) is 0 Å². The van der Waals surface area contributed by atoms with Gasteiger partial charge in [-0.15, -0.1) is 0 Å². The lowest BCUT2D eigenvalue weighted by Crippen LogP contribution is -2.06. The smallest absolute Gasteiger partial charge is 0.311 e. The second-order valence-corrected chi connectivity index (χ2v) is 3.77. The summed E-state index contributed by atoms with van der Waals surface area (Å²) in [5.74, 6) is -0.321. The van der Waals surface area contributed by atoms with Gasteiger partial charge < -0.3 is 4.74 Å². The van der Waals surface area contributed by atoms with Crippen LogP contribution in [0.1, 0.15) is 5.69 Å². The zero-order chi connectivity index (χ0) is 11.5. The SMILES string of the molecule is COC(=O)Cc1cc(Cl)c2ccccc2n1. The molecule has 4 heteroatoms. The van der Waals surface area contributed by atoms with Gasteiger partial charge in [-0.3, -0.25) is 9.78 Å². The molecule has 0 amide bonds. The van der Waals surface area contributed by atoms with Crippen molar-refractivity contribution in [3.05, 3.63) is 41.0 Å². The van der Waals surface area contributed by atoms with Gasteiger partial charge in [-0.2, -0.15) is 0 Å². The van der Waals surface area contributed by atoms with E-state index in [1.54, 1.807) is 6.07 Å². The molecule has 0 radical (unpaired) electrons. The Bertz CT molecular complexity index is 540. The van der Waals surface area contributed by atoms with Crippen LogP contribution in [0, 0.1) is 0 Å². The highest BCUT2D eigenvalue weighted by Gasteiger charge is 2.07. The van der Waals surface area contributed by atoms with Crippen LogP contribution in [0.15, 0.2) is 30.3 Å². The average molecular weight is 236 g/mol. The molecule has 0 N–H and O–H groups in total. The minimum Gasteiger partial charge on any atom is -0.469 e. The number of halogens is 1. The molecule has 0 unspecified atom stereocenters. The summed E-state index contributed by atoms with van der Waals surface area (Å²) < 4.78 is 4.58. The number of fused-ring (bicyclic) bond motifs is 1. The molecule has 1 aromatic heterocycles. The molecule has 1 aromatic carbocycles. The molecule has 0 spiro atoms. The number of carbonyl (C=O) groups is 1. The summed E-state index contributed by atoms with van der Waals surface area (Å²) in [6.07, 6.45) is 0.140. The number of rotatable bonds is 2. The molecule has 0 aliphatic heterocycles. The summed E-state index contributed by atoms with van der Waals surface area (Å²) in [6.45, 7) is 0. The Balaban J connectivity index is 2.45. The number of esters is 1. The first kappa shape index (κ1) is 10.9. The van der Waals surface area contributed by atoms with Crippen LogP contribution in [0.2, 0.25) is 5.02 Å². The number of ether oxygens (including phenoxy) is 1. The number of pyridine rings is 1. The molecular formula is C12H10ClNO2. The molecule has 0 aliphatic rings. The zero-order valence-corrected chi connectivity index (χ0v) is 9.49. The van der Waals surface area contributed by atoms with E-state index in [4.69, 9.17) is 11.6 Å². The third-order valence-electron chi connectivity index (χ3n) is 2.27. The number of nitrogens with zero attached hydrogens (tertiary/aromatic N) is 1. The molecule has 2 rings (SSSR count). The highest BCUT2D eigenvalue weighted by atomic mass is 35.5. The minimum atomic E-state index is -0.321. The third-order valence-corrected chi connectivity index (χ3v) is 2.58. The van der Waals surface area contributed by atoms with E-state index in [0.29, 0.717) is 10.7 Å². The Hall–Kier alpha value is -1.61. The molecule has 0 saturated carbocycles. The van der Waals surface area contributed by atoms with Gasteiger partial charge in [-0.05, 0) is 12.1 Å². The van der Waals surface area contributed by atoms with Crippen molar-refractivity contribution in [1.29, 1.82) is 0 Å². The van der Waals surface area contributed by atoms with Crippen molar-refractivity contribution in [2.45, 2.75) is 6.42 Å².